The number of carbonyl (C=O) groups excluding carboxylic acids is 3. The van der Waals surface area contributed by atoms with Crippen molar-refractivity contribution in [1.82, 2.24) is 25.7 Å². The monoisotopic (exact) mass is 536 g/mol. The van der Waals surface area contributed by atoms with Gasteiger partial charge in [0.25, 0.3) is 5.91 Å². The van der Waals surface area contributed by atoms with Crippen molar-refractivity contribution in [2.24, 2.45) is 24.6 Å². The van der Waals surface area contributed by atoms with Crippen LogP contribution in [0.15, 0.2) is 48.7 Å². The molecule has 1 aromatic heterocycles. The van der Waals surface area contributed by atoms with Crippen molar-refractivity contribution in [1.29, 1.82) is 0 Å². The van der Waals surface area contributed by atoms with Crippen molar-refractivity contribution in [2.45, 2.75) is 50.6 Å². The van der Waals surface area contributed by atoms with E-state index in [1.807, 2.05) is 57.4 Å². The standard InChI is InChI=1S/C28H36N6O3S/c1-16(2)13-24(28(37)31-23(25(29)38)14-19-11-12-30-26(19)35)32-27(36)18-9-7-17(8-10-18)20-5-4-6-22-21(20)15-34(3)33-22/h4-10,15-16,19,23-25,38H,11-14,29H2,1-3H3,(H,30,35)(H,31,37)(H,32,36)/t19-,23-,24-,25?/m0/s1. The Hall–Kier alpha value is -3.37. The molecule has 0 bridgehead atoms. The van der Waals surface area contributed by atoms with Crippen LogP contribution in [0.2, 0.25) is 0 Å². The van der Waals surface area contributed by atoms with Crippen LogP contribution in [0.1, 0.15) is 43.5 Å². The van der Waals surface area contributed by atoms with Gasteiger partial charge in [-0.05, 0) is 54.5 Å². The van der Waals surface area contributed by atoms with E-state index in [-0.39, 0.29) is 29.6 Å². The predicted molar refractivity (Wildman–Crippen MR) is 151 cm³/mol. The Labute approximate surface area is 228 Å². The average Bonchev–Trinajstić information content (AvgIpc) is 3.46. The predicted octanol–water partition coefficient (Wildman–Crippen LogP) is 2.61. The number of aryl methyl sites for hydroxylation is 1. The highest BCUT2D eigenvalue weighted by molar-refractivity contribution is 7.80. The van der Waals surface area contributed by atoms with Crippen molar-refractivity contribution in [3.63, 3.8) is 0 Å². The van der Waals surface area contributed by atoms with Crippen LogP contribution in [0, 0.1) is 11.8 Å². The molecule has 1 unspecified atom stereocenters. The number of thiol groups is 1. The van der Waals surface area contributed by atoms with E-state index in [0.29, 0.717) is 31.4 Å². The second kappa shape index (κ2) is 12.0. The van der Waals surface area contributed by atoms with Crippen molar-refractivity contribution in [3.8, 4) is 11.1 Å². The molecule has 1 fully saturated rings. The Kier molecular flexibility index (Phi) is 8.73. The third-order valence-electron chi connectivity index (χ3n) is 6.89. The Morgan fingerprint density at radius 2 is 1.92 bits per heavy atom. The maximum Gasteiger partial charge on any atom is 0.251 e. The first-order chi connectivity index (χ1) is 18.1. The zero-order valence-electron chi connectivity index (χ0n) is 22.0. The maximum atomic E-state index is 13.3. The number of nitrogens with one attached hydrogen (secondary N) is 3. The summed E-state index contributed by atoms with van der Waals surface area (Å²) in [6, 6.07) is 12.0. The second-order valence-corrected chi connectivity index (χ2v) is 11.0. The molecular formula is C28H36N6O3S. The number of carbonyl (C=O) groups is 3. The van der Waals surface area contributed by atoms with E-state index in [1.54, 1.807) is 16.8 Å². The van der Waals surface area contributed by atoms with E-state index in [9.17, 15) is 14.4 Å². The minimum Gasteiger partial charge on any atom is -0.356 e. The molecular weight excluding hydrogens is 500 g/mol. The molecule has 2 aromatic carbocycles. The molecule has 0 radical (unpaired) electrons. The fourth-order valence-corrected chi connectivity index (χ4v) is 5.10. The Balaban J connectivity index is 1.46. The molecule has 10 heteroatoms. The fourth-order valence-electron chi connectivity index (χ4n) is 4.90. The summed E-state index contributed by atoms with van der Waals surface area (Å²) in [5.74, 6) is -0.753. The molecule has 1 aliphatic heterocycles. The van der Waals surface area contributed by atoms with Crippen molar-refractivity contribution in [3.05, 3.63) is 54.2 Å². The molecule has 2 heterocycles. The van der Waals surface area contributed by atoms with E-state index < -0.39 is 17.5 Å². The number of hydrogen-bond acceptors (Lipinski definition) is 6. The van der Waals surface area contributed by atoms with Crippen molar-refractivity contribution < 1.29 is 14.4 Å². The molecule has 4 atom stereocenters. The third-order valence-corrected chi connectivity index (χ3v) is 7.25. The van der Waals surface area contributed by atoms with Gasteiger partial charge in [-0.15, -0.1) is 0 Å². The summed E-state index contributed by atoms with van der Waals surface area (Å²) < 4.78 is 1.78. The third kappa shape index (κ3) is 6.54. The number of fused-ring (bicyclic) bond motifs is 1. The van der Waals surface area contributed by atoms with Gasteiger partial charge in [0.2, 0.25) is 11.8 Å². The lowest BCUT2D eigenvalue weighted by atomic mass is 9.97. The van der Waals surface area contributed by atoms with Gasteiger partial charge in [0.15, 0.2) is 0 Å². The summed E-state index contributed by atoms with van der Waals surface area (Å²) in [5, 5.41) is 13.5. The number of aromatic nitrogens is 2. The number of nitrogens with zero attached hydrogens (tertiary/aromatic N) is 2. The Morgan fingerprint density at radius 3 is 2.55 bits per heavy atom. The summed E-state index contributed by atoms with van der Waals surface area (Å²) in [7, 11) is 1.89. The first-order valence-corrected chi connectivity index (χ1v) is 13.5. The van der Waals surface area contributed by atoms with Crippen molar-refractivity contribution >= 4 is 41.3 Å². The normalized spacial score (nSPS) is 17.7. The Bertz CT molecular complexity index is 1300. The van der Waals surface area contributed by atoms with Crippen LogP contribution in [0.4, 0.5) is 0 Å². The zero-order chi connectivity index (χ0) is 27.4. The van der Waals surface area contributed by atoms with Crippen LogP contribution in [-0.2, 0) is 16.6 Å². The van der Waals surface area contributed by atoms with Crippen molar-refractivity contribution in [2.75, 3.05) is 6.54 Å². The number of nitrogens with two attached hydrogens (primary N) is 1. The molecule has 3 amide bonds. The molecule has 1 aliphatic rings. The highest BCUT2D eigenvalue weighted by Crippen LogP contribution is 2.28. The number of benzene rings is 2. The lowest BCUT2D eigenvalue weighted by Gasteiger charge is -2.27. The minimum absolute atomic E-state index is 0.0338. The van der Waals surface area contributed by atoms with Gasteiger partial charge in [0.05, 0.1) is 16.9 Å². The molecule has 202 valence electrons. The van der Waals surface area contributed by atoms with Crippen LogP contribution in [0.25, 0.3) is 22.0 Å². The van der Waals surface area contributed by atoms with Crippen LogP contribution >= 0.6 is 12.6 Å². The quantitative estimate of drug-likeness (QED) is 0.201. The number of amides is 3. The lowest BCUT2D eigenvalue weighted by Crippen LogP contribution is -2.54. The largest absolute Gasteiger partial charge is 0.356 e. The van der Waals surface area contributed by atoms with E-state index in [1.165, 1.54) is 0 Å². The van der Waals surface area contributed by atoms with Crippen LogP contribution in [-0.4, -0.2) is 51.5 Å². The van der Waals surface area contributed by atoms with Gasteiger partial charge < -0.3 is 21.7 Å². The van der Waals surface area contributed by atoms with E-state index >= 15 is 0 Å². The molecule has 4 rings (SSSR count). The first kappa shape index (κ1) is 27.7. The van der Waals surface area contributed by atoms with E-state index in [0.717, 1.165) is 22.0 Å². The number of hydrogen-bond donors (Lipinski definition) is 5. The highest BCUT2D eigenvalue weighted by atomic mass is 32.1. The van der Waals surface area contributed by atoms with Gasteiger partial charge in [-0.1, -0.05) is 38.1 Å². The van der Waals surface area contributed by atoms with Gasteiger partial charge in [0, 0.05) is 36.7 Å². The maximum absolute atomic E-state index is 13.3. The highest BCUT2D eigenvalue weighted by Gasteiger charge is 2.32. The molecule has 1 saturated heterocycles. The SMILES string of the molecule is CC(C)C[C@H](NC(=O)c1ccc(-c2cccc3nn(C)cc23)cc1)C(=O)N[C@@H](C[C@@H]1CCNC1=O)C(N)S. The van der Waals surface area contributed by atoms with Crippen LogP contribution in [0.3, 0.4) is 0 Å². The van der Waals surface area contributed by atoms with Gasteiger partial charge in [-0.25, -0.2) is 0 Å². The van der Waals surface area contributed by atoms with E-state index in [2.05, 4.69) is 33.7 Å². The summed E-state index contributed by atoms with van der Waals surface area (Å²) in [6.07, 6.45) is 3.53. The minimum atomic E-state index is -0.752. The van der Waals surface area contributed by atoms with Gasteiger partial charge in [-0.3, -0.25) is 19.1 Å². The fraction of sp³-hybridized carbons (Fsp3) is 0.429. The smallest absolute Gasteiger partial charge is 0.251 e. The van der Waals surface area contributed by atoms with E-state index in [4.69, 9.17) is 5.73 Å². The molecule has 0 saturated carbocycles. The molecule has 0 spiro atoms. The zero-order valence-corrected chi connectivity index (χ0v) is 22.9. The summed E-state index contributed by atoms with van der Waals surface area (Å²) in [4.78, 5) is 38.4. The second-order valence-electron chi connectivity index (χ2n) is 10.4. The molecule has 5 N–H and O–H groups in total. The molecule has 0 aliphatic carbocycles. The summed E-state index contributed by atoms with van der Waals surface area (Å²) in [6.45, 7) is 4.60. The van der Waals surface area contributed by atoms with Gasteiger partial charge >= 0.3 is 0 Å². The van der Waals surface area contributed by atoms with Gasteiger partial charge in [0.1, 0.15) is 6.04 Å². The average molecular weight is 537 g/mol. The van der Waals surface area contributed by atoms with Crippen LogP contribution in [0.5, 0.6) is 0 Å². The molecule has 3 aromatic rings. The molecule has 9 nitrogen and oxygen atoms in total. The number of rotatable bonds is 10. The molecule has 38 heavy (non-hydrogen) atoms. The lowest BCUT2D eigenvalue weighted by molar-refractivity contribution is -0.126. The first-order valence-electron chi connectivity index (χ1n) is 13.0. The summed E-state index contributed by atoms with van der Waals surface area (Å²) in [5.41, 5.74) is 9.39. The van der Waals surface area contributed by atoms with Gasteiger partial charge in [-0.2, -0.15) is 17.7 Å². The van der Waals surface area contributed by atoms with Crippen LogP contribution < -0.4 is 21.7 Å². The Morgan fingerprint density at radius 1 is 1.18 bits per heavy atom. The summed E-state index contributed by atoms with van der Waals surface area (Å²) >= 11 is 4.34. The topological polar surface area (TPSA) is 131 Å².